The maximum absolute atomic E-state index is 12.9. The lowest BCUT2D eigenvalue weighted by atomic mass is 10.1. The minimum atomic E-state index is 0.0426. The number of rotatable bonds is 7. The number of allylic oxidation sites excluding steroid dienone is 1. The van der Waals surface area contributed by atoms with Gasteiger partial charge in [0.15, 0.2) is 16.8 Å². The molecule has 152 valence electrons. The molecule has 7 heteroatoms. The SMILES string of the molecule is C=CCn1c(SCC(=O)c2c[nH]c3ccccc23)nnc1-c1ccc2ccccc2n1. The van der Waals surface area contributed by atoms with E-state index in [2.05, 4.69) is 21.8 Å². The van der Waals surface area contributed by atoms with Crippen molar-refractivity contribution in [3.05, 3.63) is 85.1 Å². The summed E-state index contributed by atoms with van der Waals surface area (Å²) in [5.41, 5.74) is 3.28. The molecule has 0 fully saturated rings. The first-order chi connectivity index (χ1) is 15.2. The van der Waals surface area contributed by atoms with Crippen molar-refractivity contribution in [3.63, 3.8) is 0 Å². The van der Waals surface area contributed by atoms with Gasteiger partial charge in [0.2, 0.25) is 0 Å². The van der Waals surface area contributed by atoms with Crippen LogP contribution in [0.25, 0.3) is 33.3 Å². The Kier molecular flexibility index (Phi) is 5.09. The average Bonchev–Trinajstić information content (AvgIpc) is 3.42. The number of Topliss-reactive ketones (excluding diaryl/α,β-unsaturated/α-hetero) is 1. The first kappa shape index (κ1) is 19.3. The molecule has 0 aliphatic heterocycles. The van der Waals surface area contributed by atoms with E-state index in [1.807, 2.05) is 65.2 Å². The number of aromatic nitrogens is 5. The minimum absolute atomic E-state index is 0.0426. The summed E-state index contributed by atoms with van der Waals surface area (Å²) < 4.78 is 1.94. The van der Waals surface area contributed by atoms with E-state index < -0.39 is 0 Å². The molecule has 0 spiro atoms. The Hall–Kier alpha value is -3.71. The second kappa shape index (κ2) is 8.20. The van der Waals surface area contributed by atoms with E-state index in [9.17, 15) is 4.79 Å². The number of H-pyrrole nitrogens is 1. The van der Waals surface area contributed by atoms with Gasteiger partial charge in [-0.25, -0.2) is 4.98 Å². The van der Waals surface area contributed by atoms with Gasteiger partial charge in [-0.05, 0) is 18.2 Å². The van der Waals surface area contributed by atoms with Gasteiger partial charge in [0.25, 0.3) is 0 Å². The third-order valence-electron chi connectivity index (χ3n) is 5.08. The second-order valence-electron chi connectivity index (χ2n) is 7.05. The fourth-order valence-corrected chi connectivity index (χ4v) is 4.41. The van der Waals surface area contributed by atoms with Crippen molar-refractivity contribution in [2.75, 3.05) is 5.75 Å². The number of nitrogens with zero attached hydrogens (tertiary/aromatic N) is 4. The van der Waals surface area contributed by atoms with Gasteiger partial charge in [-0.15, -0.1) is 16.8 Å². The summed E-state index contributed by atoms with van der Waals surface area (Å²) in [7, 11) is 0. The predicted octanol–water partition coefficient (Wildman–Crippen LogP) is 5.14. The Labute approximate surface area is 183 Å². The molecule has 0 bridgehead atoms. The first-order valence-electron chi connectivity index (χ1n) is 9.87. The van der Waals surface area contributed by atoms with Crippen molar-refractivity contribution in [2.24, 2.45) is 0 Å². The molecule has 3 heterocycles. The predicted molar refractivity (Wildman–Crippen MR) is 124 cm³/mol. The van der Waals surface area contributed by atoms with Crippen molar-refractivity contribution >= 4 is 39.4 Å². The number of nitrogens with one attached hydrogen (secondary N) is 1. The normalized spacial score (nSPS) is 11.2. The summed E-state index contributed by atoms with van der Waals surface area (Å²) in [4.78, 5) is 20.7. The van der Waals surface area contributed by atoms with Gasteiger partial charge in [0.1, 0.15) is 5.69 Å². The highest BCUT2D eigenvalue weighted by atomic mass is 32.2. The van der Waals surface area contributed by atoms with Crippen molar-refractivity contribution in [2.45, 2.75) is 11.7 Å². The highest BCUT2D eigenvalue weighted by Crippen LogP contribution is 2.26. The molecule has 3 aromatic heterocycles. The van der Waals surface area contributed by atoms with E-state index in [1.54, 1.807) is 12.3 Å². The molecule has 5 rings (SSSR count). The van der Waals surface area contributed by atoms with Crippen molar-refractivity contribution in [1.29, 1.82) is 0 Å². The van der Waals surface area contributed by atoms with Crippen LogP contribution in [0.1, 0.15) is 10.4 Å². The fourth-order valence-electron chi connectivity index (χ4n) is 3.58. The second-order valence-corrected chi connectivity index (χ2v) is 8.00. The molecule has 0 saturated carbocycles. The maximum atomic E-state index is 12.9. The summed E-state index contributed by atoms with van der Waals surface area (Å²) in [6, 6.07) is 19.7. The van der Waals surface area contributed by atoms with Crippen LogP contribution in [0.3, 0.4) is 0 Å². The molecule has 0 aliphatic rings. The number of hydrogen-bond acceptors (Lipinski definition) is 5. The van der Waals surface area contributed by atoms with E-state index in [1.165, 1.54) is 11.8 Å². The number of hydrogen-bond donors (Lipinski definition) is 1. The number of aromatic amines is 1. The molecule has 5 aromatic rings. The minimum Gasteiger partial charge on any atom is -0.360 e. The van der Waals surface area contributed by atoms with Crippen LogP contribution in [0.2, 0.25) is 0 Å². The van der Waals surface area contributed by atoms with Gasteiger partial charge in [-0.2, -0.15) is 0 Å². The van der Waals surface area contributed by atoms with Gasteiger partial charge in [0.05, 0.1) is 11.3 Å². The Bertz CT molecular complexity index is 1420. The zero-order chi connectivity index (χ0) is 21.2. The van der Waals surface area contributed by atoms with Crippen molar-refractivity contribution < 1.29 is 4.79 Å². The zero-order valence-corrected chi connectivity index (χ0v) is 17.5. The summed E-state index contributed by atoms with van der Waals surface area (Å²) >= 11 is 1.37. The molecule has 1 N–H and O–H groups in total. The highest BCUT2D eigenvalue weighted by molar-refractivity contribution is 7.99. The number of fused-ring (bicyclic) bond motifs is 2. The molecule has 0 aliphatic carbocycles. The summed E-state index contributed by atoms with van der Waals surface area (Å²) in [5.74, 6) is 0.969. The van der Waals surface area contributed by atoms with Crippen LogP contribution in [0.5, 0.6) is 0 Å². The number of pyridine rings is 1. The standard InChI is InChI=1S/C24H19N5OS/c1-2-13-29-23(21-12-11-16-7-3-5-9-19(16)26-21)27-28-24(29)31-15-22(30)18-14-25-20-10-6-4-8-17(18)20/h2-12,14,25H,1,13,15H2. The van der Waals surface area contributed by atoms with Crippen LogP contribution >= 0.6 is 11.8 Å². The summed E-state index contributed by atoms with van der Waals surface area (Å²) in [6.07, 6.45) is 3.56. The van der Waals surface area contributed by atoms with Gasteiger partial charge in [-0.3, -0.25) is 9.36 Å². The molecular weight excluding hydrogens is 406 g/mol. The average molecular weight is 426 g/mol. The lowest BCUT2D eigenvalue weighted by molar-refractivity contribution is 0.102. The zero-order valence-electron chi connectivity index (χ0n) is 16.7. The van der Waals surface area contributed by atoms with E-state index in [-0.39, 0.29) is 11.5 Å². The third kappa shape index (κ3) is 3.64. The quantitative estimate of drug-likeness (QED) is 0.222. The Morgan fingerprint density at radius 1 is 1.06 bits per heavy atom. The fraction of sp³-hybridized carbons (Fsp3) is 0.0833. The van der Waals surface area contributed by atoms with E-state index in [4.69, 9.17) is 4.98 Å². The van der Waals surface area contributed by atoms with Crippen LogP contribution in [0, 0.1) is 0 Å². The lowest BCUT2D eigenvalue weighted by Crippen LogP contribution is -2.05. The highest BCUT2D eigenvalue weighted by Gasteiger charge is 2.18. The molecule has 0 amide bonds. The molecule has 0 unspecified atom stereocenters. The van der Waals surface area contributed by atoms with Gasteiger partial charge in [-0.1, -0.05) is 60.3 Å². The number of carbonyl (C=O) groups excluding carboxylic acids is 1. The van der Waals surface area contributed by atoms with Crippen LogP contribution in [-0.2, 0) is 6.54 Å². The van der Waals surface area contributed by atoms with Gasteiger partial charge < -0.3 is 4.98 Å². The topological polar surface area (TPSA) is 76.5 Å². The number of carbonyl (C=O) groups is 1. The maximum Gasteiger partial charge on any atom is 0.192 e. The monoisotopic (exact) mass is 425 g/mol. The largest absolute Gasteiger partial charge is 0.360 e. The van der Waals surface area contributed by atoms with Crippen molar-refractivity contribution in [1.82, 2.24) is 24.7 Å². The number of benzene rings is 2. The molecule has 31 heavy (non-hydrogen) atoms. The lowest BCUT2D eigenvalue weighted by Gasteiger charge is -2.08. The molecule has 2 aromatic carbocycles. The van der Waals surface area contributed by atoms with Crippen LogP contribution in [-0.4, -0.2) is 36.3 Å². The van der Waals surface area contributed by atoms with Crippen molar-refractivity contribution in [3.8, 4) is 11.5 Å². The van der Waals surface area contributed by atoms with Crippen LogP contribution in [0.4, 0.5) is 0 Å². The Morgan fingerprint density at radius 3 is 2.81 bits per heavy atom. The Balaban J connectivity index is 1.42. The molecular formula is C24H19N5OS. The summed E-state index contributed by atoms with van der Waals surface area (Å²) in [5, 5.41) is 11.4. The first-order valence-corrected chi connectivity index (χ1v) is 10.9. The van der Waals surface area contributed by atoms with E-state index in [0.717, 1.165) is 27.5 Å². The van der Waals surface area contributed by atoms with E-state index in [0.29, 0.717) is 23.1 Å². The smallest absolute Gasteiger partial charge is 0.192 e. The van der Waals surface area contributed by atoms with Crippen LogP contribution < -0.4 is 0 Å². The van der Waals surface area contributed by atoms with Gasteiger partial charge >= 0.3 is 0 Å². The summed E-state index contributed by atoms with van der Waals surface area (Å²) in [6.45, 7) is 4.38. The number of para-hydroxylation sites is 2. The molecule has 0 radical (unpaired) electrons. The third-order valence-corrected chi connectivity index (χ3v) is 6.04. The number of ketones is 1. The number of thioether (sulfide) groups is 1. The molecule has 6 nitrogen and oxygen atoms in total. The molecule has 0 saturated heterocycles. The van der Waals surface area contributed by atoms with E-state index >= 15 is 0 Å². The Morgan fingerprint density at radius 2 is 1.90 bits per heavy atom. The van der Waals surface area contributed by atoms with Crippen LogP contribution in [0.15, 0.2) is 84.7 Å². The molecule has 0 atom stereocenters. The van der Waals surface area contributed by atoms with Gasteiger partial charge in [0, 0.05) is 34.6 Å².